The molecule has 1 aliphatic heterocycles. The zero-order valence-electron chi connectivity index (χ0n) is 11.4. The van der Waals surface area contributed by atoms with E-state index in [1.54, 1.807) is 15.9 Å². The predicted molar refractivity (Wildman–Crippen MR) is 69.0 cm³/mol. The summed E-state index contributed by atoms with van der Waals surface area (Å²) in [7, 11) is 0. The fourth-order valence-corrected chi connectivity index (χ4v) is 2.21. The quantitative estimate of drug-likeness (QED) is 0.841. The summed E-state index contributed by atoms with van der Waals surface area (Å²) in [6.07, 6.45) is -0.606. The van der Waals surface area contributed by atoms with Crippen LogP contribution in [0.25, 0.3) is 0 Å². The molecule has 10 heteroatoms. The Hall–Kier alpha value is -2.23. The molecule has 1 aliphatic rings. The summed E-state index contributed by atoms with van der Waals surface area (Å²) < 4.78 is 45.3. The third kappa shape index (κ3) is 3.32. The summed E-state index contributed by atoms with van der Waals surface area (Å²) in [6, 6.07) is 0.858. The molecular formula is C12H13F3N6O. The van der Waals surface area contributed by atoms with Crippen LogP contribution in [0, 0.1) is 0 Å². The molecular weight excluding hydrogens is 301 g/mol. The molecule has 7 nitrogen and oxygen atoms in total. The van der Waals surface area contributed by atoms with Crippen molar-refractivity contribution >= 4 is 5.95 Å². The fraction of sp³-hybridized carbons (Fsp3) is 0.500. The molecule has 3 heterocycles. The van der Waals surface area contributed by atoms with Crippen molar-refractivity contribution in [1.29, 1.82) is 0 Å². The van der Waals surface area contributed by atoms with E-state index < -0.39 is 11.9 Å². The summed E-state index contributed by atoms with van der Waals surface area (Å²) in [5, 5.41) is 3.98. The normalized spacial score (nSPS) is 19.4. The molecule has 1 saturated heterocycles. The van der Waals surface area contributed by atoms with Crippen LogP contribution in [0.2, 0.25) is 0 Å². The van der Waals surface area contributed by atoms with Gasteiger partial charge in [-0.25, -0.2) is 15.0 Å². The van der Waals surface area contributed by atoms with Gasteiger partial charge < -0.3 is 9.64 Å². The molecule has 0 aromatic carbocycles. The van der Waals surface area contributed by atoms with E-state index in [1.807, 2.05) is 0 Å². The Kier molecular flexibility index (Phi) is 3.92. The second kappa shape index (κ2) is 5.87. The van der Waals surface area contributed by atoms with E-state index in [9.17, 15) is 13.2 Å². The Balaban J connectivity index is 1.72. The van der Waals surface area contributed by atoms with Crippen LogP contribution in [0.1, 0.15) is 5.69 Å². The first-order chi connectivity index (χ1) is 10.5. The highest BCUT2D eigenvalue weighted by Crippen LogP contribution is 2.28. The fourth-order valence-electron chi connectivity index (χ4n) is 2.21. The van der Waals surface area contributed by atoms with E-state index in [1.165, 1.54) is 6.33 Å². The number of hydrogen-bond donors (Lipinski definition) is 0. The maximum atomic E-state index is 12.7. The van der Waals surface area contributed by atoms with Crippen molar-refractivity contribution in [3.05, 3.63) is 30.6 Å². The van der Waals surface area contributed by atoms with Gasteiger partial charge in [-0.1, -0.05) is 0 Å². The molecule has 1 fully saturated rings. The first-order valence-corrected chi connectivity index (χ1v) is 6.61. The van der Waals surface area contributed by atoms with Crippen LogP contribution in [0.4, 0.5) is 19.1 Å². The van der Waals surface area contributed by atoms with Crippen LogP contribution < -0.4 is 4.90 Å². The van der Waals surface area contributed by atoms with Crippen LogP contribution >= 0.6 is 0 Å². The lowest BCUT2D eigenvalue weighted by Gasteiger charge is -2.32. The van der Waals surface area contributed by atoms with E-state index in [4.69, 9.17) is 4.74 Å². The number of hydrogen-bond acceptors (Lipinski definition) is 6. The molecule has 3 rings (SSSR count). The van der Waals surface area contributed by atoms with Crippen molar-refractivity contribution in [3.8, 4) is 0 Å². The smallest absolute Gasteiger partial charge is 0.373 e. The number of morpholine rings is 1. The number of alkyl halides is 3. The molecule has 0 amide bonds. The summed E-state index contributed by atoms with van der Waals surface area (Å²) in [5.74, 6) is 0.0571. The van der Waals surface area contributed by atoms with Crippen LogP contribution in [0.15, 0.2) is 24.9 Å². The van der Waals surface area contributed by atoms with E-state index in [0.29, 0.717) is 26.2 Å². The topological polar surface area (TPSA) is 69.0 Å². The molecule has 2 aromatic heterocycles. The molecule has 2 aromatic rings. The molecule has 0 spiro atoms. The van der Waals surface area contributed by atoms with Gasteiger partial charge >= 0.3 is 6.18 Å². The molecule has 118 valence electrons. The van der Waals surface area contributed by atoms with E-state index in [2.05, 4.69) is 20.1 Å². The van der Waals surface area contributed by atoms with Gasteiger partial charge in [0.25, 0.3) is 0 Å². The molecule has 0 aliphatic carbocycles. The van der Waals surface area contributed by atoms with Crippen molar-refractivity contribution in [2.24, 2.45) is 0 Å². The maximum Gasteiger partial charge on any atom is 0.433 e. The van der Waals surface area contributed by atoms with Gasteiger partial charge in [0.15, 0.2) is 0 Å². The lowest BCUT2D eigenvalue weighted by molar-refractivity contribution is -0.141. The summed E-state index contributed by atoms with van der Waals surface area (Å²) >= 11 is 0. The third-order valence-electron chi connectivity index (χ3n) is 3.21. The largest absolute Gasteiger partial charge is 0.433 e. The van der Waals surface area contributed by atoms with Crippen molar-refractivity contribution in [2.45, 2.75) is 18.8 Å². The van der Waals surface area contributed by atoms with Crippen molar-refractivity contribution < 1.29 is 17.9 Å². The molecule has 1 unspecified atom stereocenters. The number of anilines is 1. The second-order valence-electron chi connectivity index (χ2n) is 4.80. The number of halogens is 3. The van der Waals surface area contributed by atoms with E-state index in [0.717, 1.165) is 12.3 Å². The lowest BCUT2D eigenvalue weighted by atomic mass is 10.3. The molecule has 0 bridgehead atoms. The van der Waals surface area contributed by atoms with E-state index in [-0.39, 0.29) is 12.1 Å². The predicted octanol–water partition coefficient (Wildman–Crippen LogP) is 0.992. The van der Waals surface area contributed by atoms with Crippen LogP contribution in [-0.4, -0.2) is 50.5 Å². The first kappa shape index (κ1) is 14.7. The zero-order valence-corrected chi connectivity index (χ0v) is 11.4. The highest BCUT2D eigenvalue weighted by molar-refractivity contribution is 5.31. The average Bonchev–Trinajstić information content (AvgIpc) is 3.00. The van der Waals surface area contributed by atoms with E-state index >= 15 is 0 Å². The Morgan fingerprint density at radius 1 is 1.36 bits per heavy atom. The standard InChI is InChI=1S/C12H13F3N6O/c13-12(14,15)10-1-2-17-11(19-10)20-3-4-22-9(5-20)6-21-8-16-7-18-21/h1-2,7-9H,3-6H2. The highest BCUT2D eigenvalue weighted by atomic mass is 19.4. The van der Waals surface area contributed by atoms with Crippen molar-refractivity contribution in [3.63, 3.8) is 0 Å². The SMILES string of the molecule is FC(F)(F)c1ccnc(N2CCOC(Cn3cncn3)C2)n1. The molecule has 0 radical (unpaired) electrons. The molecule has 22 heavy (non-hydrogen) atoms. The van der Waals surface area contributed by atoms with Gasteiger partial charge in [0.1, 0.15) is 18.3 Å². The Morgan fingerprint density at radius 2 is 2.23 bits per heavy atom. The molecule has 0 N–H and O–H groups in total. The second-order valence-corrected chi connectivity index (χ2v) is 4.80. The monoisotopic (exact) mass is 314 g/mol. The van der Waals surface area contributed by atoms with Gasteiger partial charge in [-0.05, 0) is 6.07 Å². The number of nitrogens with zero attached hydrogens (tertiary/aromatic N) is 6. The molecule has 0 saturated carbocycles. The summed E-state index contributed by atoms with van der Waals surface area (Å²) in [5.41, 5.74) is -0.947. The lowest BCUT2D eigenvalue weighted by Crippen LogP contribution is -2.45. The minimum atomic E-state index is -4.48. The number of rotatable bonds is 3. The van der Waals surface area contributed by atoms with Crippen molar-refractivity contribution in [2.75, 3.05) is 24.6 Å². The first-order valence-electron chi connectivity index (χ1n) is 6.61. The van der Waals surface area contributed by atoms with Gasteiger partial charge in [0.05, 0.1) is 19.3 Å². The minimum Gasteiger partial charge on any atom is -0.373 e. The Bertz CT molecular complexity index is 618. The highest BCUT2D eigenvalue weighted by Gasteiger charge is 2.33. The van der Waals surface area contributed by atoms with Gasteiger partial charge in [-0.15, -0.1) is 0 Å². The van der Waals surface area contributed by atoms with Gasteiger partial charge in [-0.2, -0.15) is 18.3 Å². The van der Waals surface area contributed by atoms with Crippen LogP contribution in [0.5, 0.6) is 0 Å². The number of aromatic nitrogens is 5. The Labute approximate surface area is 123 Å². The van der Waals surface area contributed by atoms with Gasteiger partial charge in [0.2, 0.25) is 5.95 Å². The third-order valence-corrected chi connectivity index (χ3v) is 3.21. The van der Waals surface area contributed by atoms with Crippen LogP contribution in [0.3, 0.4) is 0 Å². The summed E-state index contributed by atoms with van der Waals surface area (Å²) in [6.45, 7) is 1.69. The minimum absolute atomic E-state index is 0.0571. The average molecular weight is 314 g/mol. The number of ether oxygens (including phenoxy) is 1. The van der Waals surface area contributed by atoms with Crippen LogP contribution in [-0.2, 0) is 17.5 Å². The molecule has 1 atom stereocenters. The zero-order chi connectivity index (χ0) is 15.6. The summed E-state index contributed by atoms with van der Waals surface area (Å²) in [4.78, 5) is 13.0. The Morgan fingerprint density at radius 3 is 2.95 bits per heavy atom. The van der Waals surface area contributed by atoms with Gasteiger partial charge in [-0.3, -0.25) is 4.68 Å². The maximum absolute atomic E-state index is 12.7. The van der Waals surface area contributed by atoms with Gasteiger partial charge in [0, 0.05) is 19.3 Å². The van der Waals surface area contributed by atoms with Crippen molar-refractivity contribution in [1.82, 2.24) is 24.7 Å².